The summed E-state index contributed by atoms with van der Waals surface area (Å²) in [6.45, 7) is 3.53. The number of aryl methyl sites for hydroxylation is 1. The molecule has 1 aromatic heterocycles. The van der Waals surface area contributed by atoms with Crippen molar-refractivity contribution in [3.63, 3.8) is 0 Å². The predicted molar refractivity (Wildman–Crippen MR) is 93.4 cm³/mol. The van der Waals surface area contributed by atoms with Gasteiger partial charge in [0.15, 0.2) is 5.78 Å². The first kappa shape index (κ1) is 19.2. The number of carboxylic acids is 1. The van der Waals surface area contributed by atoms with Crippen LogP contribution in [0.4, 0.5) is 0 Å². The van der Waals surface area contributed by atoms with Gasteiger partial charge in [-0.1, -0.05) is 12.1 Å². The number of furan rings is 1. The number of rotatable bonds is 9. The maximum Gasteiger partial charge on any atom is 0.339 e. The van der Waals surface area contributed by atoms with Gasteiger partial charge < -0.3 is 19.6 Å². The number of ether oxygens (including phenoxy) is 1. The molecule has 2 aromatic rings. The highest BCUT2D eigenvalue weighted by atomic mass is 16.5. The molecule has 7 nitrogen and oxygen atoms in total. The van der Waals surface area contributed by atoms with Gasteiger partial charge in [0.05, 0.1) is 13.2 Å². The second-order valence-electron chi connectivity index (χ2n) is 5.80. The fourth-order valence-corrected chi connectivity index (χ4v) is 2.34. The molecule has 0 radical (unpaired) electrons. The van der Waals surface area contributed by atoms with Crippen LogP contribution in [0.5, 0.6) is 5.75 Å². The number of benzene rings is 1. The fourth-order valence-electron chi connectivity index (χ4n) is 2.34. The molecule has 0 aliphatic heterocycles. The normalized spacial score (nSPS) is 10.4. The monoisotopic (exact) mass is 359 g/mol. The summed E-state index contributed by atoms with van der Waals surface area (Å²) in [5.74, 6) is 0.0136. The standard InChI is InChI=1S/C19H21NO6/c1-12(21)14-5-3-6-15(9-14)25-8-4-7-18(22)20-11-16-10-17(19(23)24)13(2)26-16/h3,5-6,9-10H,4,7-8,11H2,1-2H3,(H,20,22)(H,23,24). The van der Waals surface area contributed by atoms with Crippen molar-refractivity contribution in [3.05, 3.63) is 53.0 Å². The van der Waals surface area contributed by atoms with Crippen molar-refractivity contribution < 1.29 is 28.6 Å². The summed E-state index contributed by atoms with van der Waals surface area (Å²) >= 11 is 0. The van der Waals surface area contributed by atoms with Crippen LogP contribution in [0.3, 0.4) is 0 Å². The summed E-state index contributed by atoms with van der Waals surface area (Å²) < 4.78 is 10.8. The second-order valence-corrected chi connectivity index (χ2v) is 5.80. The topological polar surface area (TPSA) is 106 Å². The Morgan fingerprint density at radius 2 is 2.00 bits per heavy atom. The lowest BCUT2D eigenvalue weighted by Gasteiger charge is -2.07. The average molecular weight is 359 g/mol. The van der Waals surface area contributed by atoms with Crippen LogP contribution < -0.4 is 10.1 Å². The summed E-state index contributed by atoms with van der Waals surface area (Å²) in [5, 5.41) is 11.6. The zero-order chi connectivity index (χ0) is 19.1. The van der Waals surface area contributed by atoms with E-state index in [0.29, 0.717) is 35.9 Å². The molecule has 0 bridgehead atoms. The summed E-state index contributed by atoms with van der Waals surface area (Å²) in [4.78, 5) is 34.1. The average Bonchev–Trinajstić information content (AvgIpc) is 2.98. The van der Waals surface area contributed by atoms with Gasteiger partial charge in [-0.25, -0.2) is 4.79 Å². The second kappa shape index (κ2) is 8.84. The molecule has 0 atom stereocenters. The number of amides is 1. The molecule has 0 saturated carbocycles. The minimum absolute atomic E-state index is 0.0333. The third kappa shape index (κ3) is 5.47. The minimum Gasteiger partial charge on any atom is -0.494 e. The summed E-state index contributed by atoms with van der Waals surface area (Å²) in [6, 6.07) is 8.29. The molecule has 7 heteroatoms. The van der Waals surface area contributed by atoms with Crippen LogP contribution in [0, 0.1) is 6.92 Å². The number of aromatic carboxylic acids is 1. The maximum atomic E-state index is 11.8. The lowest BCUT2D eigenvalue weighted by atomic mass is 10.1. The lowest BCUT2D eigenvalue weighted by molar-refractivity contribution is -0.121. The molecule has 1 heterocycles. The van der Waals surface area contributed by atoms with E-state index in [1.807, 2.05) is 0 Å². The molecular formula is C19H21NO6. The fraction of sp³-hybridized carbons (Fsp3) is 0.316. The number of carboxylic acid groups (broad SMARTS) is 1. The Balaban J connectivity index is 1.71. The first-order valence-electron chi connectivity index (χ1n) is 8.20. The molecule has 0 saturated heterocycles. The van der Waals surface area contributed by atoms with Crippen molar-refractivity contribution in [2.24, 2.45) is 0 Å². The molecule has 1 aromatic carbocycles. The largest absolute Gasteiger partial charge is 0.494 e. The van der Waals surface area contributed by atoms with Crippen LogP contribution in [0.1, 0.15) is 52.0 Å². The summed E-state index contributed by atoms with van der Waals surface area (Å²) in [6.07, 6.45) is 0.769. The van der Waals surface area contributed by atoms with E-state index in [1.54, 1.807) is 31.2 Å². The molecule has 2 rings (SSSR count). The van der Waals surface area contributed by atoms with E-state index in [2.05, 4.69) is 5.32 Å². The van der Waals surface area contributed by atoms with Crippen molar-refractivity contribution in [1.29, 1.82) is 0 Å². The van der Waals surface area contributed by atoms with E-state index in [4.69, 9.17) is 14.3 Å². The SMILES string of the molecule is CC(=O)c1cccc(OCCCC(=O)NCc2cc(C(=O)O)c(C)o2)c1. The van der Waals surface area contributed by atoms with Crippen molar-refractivity contribution >= 4 is 17.7 Å². The van der Waals surface area contributed by atoms with Crippen molar-refractivity contribution in [2.75, 3.05) is 6.61 Å². The smallest absolute Gasteiger partial charge is 0.339 e. The van der Waals surface area contributed by atoms with Crippen LogP contribution in [-0.4, -0.2) is 29.4 Å². The number of hydrogen-bond acceptors (Lipinski definition) is 5. The van der Waals surface area contributed by atoms with Gasteiger partial charge in [0, 0.05) is 12.0 Å². The zero-order valence-electron chi connectivity index (χ0n) is 14.7. The van der Waals surface area contributed by atoms with Crippen molar-refractivity contribution in [1.82, 2.24) is 5.32 Å². The van der Waals surface area contributed by atoms with Crippen molar-refractivity contribution in [3.8, 4) is 5.75 Å². The van der Waals surface area contributed by atoms with Gasteiger partial charge in [-0.05, 0) is 38.5 Å². The Hall–Kier alpha value is -3.09. The number of hydrogen-bond donors (Lipinski definition) is 2. The number of carbonyl (C=O) groups is 3. The first-order chi connectivity index (χ1) is 12.4. The van der Waals surface area contributed by atoms with E-state index in [0.717, 1.165) is 0 Å². The van der Waals surface area contributed by atoms with E-state index < -0.39 is 5.97 Å². The van der Waals surface area contributed by atoms with Crippen LogP contribution in [-0.2, 0) is 11.3 Å². The van der Waals surface area contributed by atoms with Crippen LogP contribution in [0.2, 0.25) is 0 Å². The summed E-state index contributed by atoms with van der Waals surface area (Å²) in [5.41, 5.74) is 0.671. The molecule has 26 heavy (non-hydrogen) atoms. The molecule has 1 amide bonds. The van der Waals surface area contributed by atoms with E-state index in [-0.39, 0.29) is 30.2 Å². The molecule has 0 unspecified atom stereocenters. The van der Waals surface area contributed by atoms with Crippen LogP contribution >= 0.6 is 0 Å². The predicted octanol–water partition coefficient (Wildman–Crippen LogP) is 2.96. The molecule has 0 aliphatic carbocycles. The van der Waals surface area contributed by atoms with Gasteiger partial charge in [0.1, 0.15) is 22.8 Å². The number of carbonyl (C=O) groups excluding carboxylic acids is 2. The highest BCUT2D eigenvalue weighted by Crippen LogP contribution is 2.15. The number of Topliss-reactive ketones (excluding diaryl/α,β-unsaturated/α-hetero) is 1. The van der Waals surface area contributed by atoms with Gasteiger partial charge >= 0.3 is 5.97 Å². The zero-order valence-corrected chi connectivity index (χ0v) is 14.7. The third-order valence-electron chi connectivity index (χ3n) is 3.72. The Morgan fingerprint density at radius 3 is 2.65 bits per heavy atom. The summed E-state index contributed by atoms with van der Waals surface area (Å²) in [7, 11) is 0. The number of nitrogens with one attached hydrogen (secondary N) is 1. The molecular weight excluding hydrogens is 338 g/mol. The van der Waals surface area contributed by atoms with Gasteiger partial charge in [-0.15, -0.1) is 0 Å². The van der Waals surface area contributed by atoms with E-state index in [9.17, 15) is 14.4 Å². The Morgan fingerprint density at radius 1 is 1.23 bits per heavy atom. The Bertz CT molecular complexity index is 808. The lowest BCUT2D eigenvalue weighted by Crippen LogP contribution is -2.22. The molecule has 0 fully saturated rings. The third-order valence-corrected chi connectivity index (χ3v) is 3.72. The van der Waals surface area contributed by atoms with Crippen molar-refractivity contribution in [2.45, 2.75) is 33.2 Å². The Labute approximate surface area is 151 Å². The molecule has 2 N–H and O–H groups in total. The van der Waals surface area contributed by atoms with E-state index in [1.165, 1.54) is 13.0 Å². The maximum absolute atomic E-state index is 11.8. The first-order valence-corrected chi connectivity index (χ1v) is 8.20. The highest BCUT2D eigenvalue weighted by Gasteiger charge is 2.14. The van der Waals surface area contributed by atoms with Crippen LogP contribution in [0.15, 0.2) is 34.7 Å². The highest BCUT2D eigenvalue weighted by molar-refractivity contribution is 5.94. The number of ketones is 1. The molecule has 0 aliphatic rings. The van der Waals surface area contributed by atoms with Gasteiger partial charge in [0.25, 0.3) is 0 Å². The quantitative estimate of drug-likeness (QED) is 0.527. The van der Waals surface area contributed by atoms with Gasteiger partial charge in [-0.2, -0.15) is 0 Å². The minimum atomic E-state index is -1.06. The van der Waals surface area contributed by atoms with E-state index >= 15 is 0 Å². The van der Waals surface area contributed by atoms with Gasteiger partial charge in [-0.3, -0.25) is 9.59 Å². The van der Waals surface area contributed by atoms with Gasteiger partial charge in [0.2, 0.25) is 5.91 Å². The molecule has 0 spiro atoms. The molecule has 138 valence electrons. The Kier molecular flexibility index (Phi) is 6.54. The van der Waals surface area contributed by atoms with Crippen LogP contribution in [0.25, 0.3) is 0 Å².